The Morgan fingerprint density at radius 3 is 2.59 bits per heavy atom. The molecule has 0 bridgehead atoms. The first kappa shape index (κ1) is 13.5. The van der Waals surface area contributed by atoms with Gasteiger partial charge in [-0.15, -0.1) is 0 Å². The summed E-state index contributed by atoms with van der Waals surface area (Å²) >= 11 is 0. The molecule has 0 saturated heterocycles. The highest BCUT2D eigenvalue weighted by atomic mass is 16.5. The van der Waals surface area contributed by atoms with E-state index in [2.05, 4.69) is 16.9 Å². The third-order valence-electron chi connectivity index (χ3n) is 2.74. The molecule has 0 fully saturated rings. The van der Waals surface area contributed by atoms with Crippen molar-refractivity contribution < 1.29 is 9.53 Å². The molecule has 1 amide bonds. The van der Waals surface area contributed by atoms with Gasteiger partial charge in [0.05, 0.1) is 7.11 Å². The van der Waals surface area contributed by atoms with E-state index in [4.69, 9.17) is 4.74 Å². The number of amides is 1. The van der Waals surface area contributed by atoms with Crippen molar-refractivity contribution in [2.24, 2.45) is 0 Å². The maximum atomic E-state index is 11.3. The van der Waals surface area contributed by atoms with Crippen LogP contribution < -0.4 is 15.6 Å². The van der Waals surface area contributed by atoms with E-state index in [0.29, 0.717) is 6.42 Å². The lowest BCUT2D eigenvalue weighted by atomic mass is 10.0. The summed E-state index contributed by atoms with van der Waals surface area (Å²) in [6.45, 7) is 4.04. The van der Waals surface area contributed by atoms with Gasteiger partial charge in [0.1, 0.15) is 5.75 Å². The molecule has 0 aliphatic heterocycles. The maximum absolute atomic E-state index is 11.3. The third-order valence-corrected chi connectivity index (χ3v) is 2.74. The summed E-state index contributed by atoms with van der Waals surface area (Å²) in [6, 6.07) is 4.10. The molecule has 0 heterocycles. The van der Waals surface area contributed by atoms with Gasteiger partial charge in [0.2, 0.25) is 5.91 Å². The SMILES string of the molecule is CNNC(=O)CCc1cc(C)c(OC)cc1C. The Hall–Kier alpha value is -1.55. The number of rotatable bonds is 5. The van der Waals surface area contributed by atoms with E-state index in [-0.39, 0.29) is 5.91 Å². The number of methoxy groups -OCH3 is 1. The molecule has 0 aliphatic carbocycles. The third kappa shape index (κ3) is 3.75. The van der Waals surface area contributed by atoms with Crippen LogP contribution in [-0.2, 0) is 11.2 Å². The molecule has 0 aliphatic rings. The van der Waals surface area contributed by atoms with Gasteiger partial charge < -0.3 is 4.74 Å². The van der Waals surface area contributed by atoms with Crippen molar-refractivity contribution in [3.05, 3.63) is 28.8 Å². The Kier molecular flexibility index (Phi) is 4.97. The maximum Gasteiger partial charge on any atom is 0.234 e. The summed E-state index contributed by atoms with van der Waals surface area (Å²) in [5, 5.41) is 0. The quantitative estimate of drug-likeness (QED) is 0.762. The zero-order valence-electron chi connectivity index (χ0n) is 10.9. The highest BCUT2D eigenvalue weighted by molar-refractivity contribution is 5.75. The molecule has 1 rings (SSSR count). The van der Waals surface area contributed by atoms with Crippen LogP contribution in [0.15, 0.2) is 12.1 Å². The molecule has 2 N–H and O–H groups in total. The van der Waals surface area contributed by atoms with Crippen molar-refractivity contribution in [2.45, 2.75) is 26.7 Å². The van der Waals surface area contributed by atoms with Crippen LogP contribution in [0.3, 0.4) is 0 Å². The Morgan fingerprint density at radius 1 is 1.29 bits per heavy atom. The van der Waals surface area contributed by atoms with Crippen molar-refractivity contribution in [1.82, 2.24) is 10.9 Å². The van der Waals surface area contributed by atoms with E-state index < -0.39 is 0 Å². The molecule has 0 aromatic heterocycles. The standard InChI is InChI=1S/C13H20N2O2/c1-9-8-12(17-4)10(2)7-11(9)5-6-13(16)15-14-3/h7-8,14H,5-6H2,1-4H3,(H,15,16). The molecule has 94 valence electrons. The molecule has 17 heavy (non-hydrogen) atoms. The second-order valence-corrected chi connectivity index (χ2v) is 4.05. The van der Waals surface area contributed by atoms with Crippen LogP contribution >= 0.6 is 0 Å². The normalized spacial score (nSPS) is 10.1. The molecule has 0 spiro atoms. The molecular weight excluding hydrogens is 216 g/mol. The van der Waals surface area contributed by atoms with Crippen molar-refractivity contribution >= 4 is 5.91 Å². The zero-order chi connectivity index (χ0) is 12.8. The topological polar surface area (TPSA) is 50.4 Å². The van der Waals surface area contributed by atoms with Gasteiger partial charge in [-0.1, -0.05) is 6.07 Å². The summed E-state index contributed by atoms with van der Waals surface area (Å²) < 4.78 is 5.26. The minimum Gasteiger partial charge on any atom is -0.496 e. The number of aryl methyl sites for hydroxylation is 3. The fraction of sp³-hybridized carbons (Fsp3) is 0.462. The van der Waals surface area contributed by atoms with Gasteiger partial charge in [-0.3, -0.25) is 10.2 Å². The van der Waals surface area contributed by atoms with E-state index in [0.717, 1.165) is 23.3 Å². The molecular formula is C13H20N2O2. The van der Waals surface area contributed by atoms with Crippen LogP contribution in [0.5, 0.6) is 5.75 Å². The van der Waals surface area contributed by atoms with Gasteiger partial charge in [0, 0.05) is 13.5 Å². The van der Waals surface area contributed by atoms with E-state index >= 15 is 0 Å². The van der Waals surface area contributed by atoms with Gasteiger partial charge in [-0.05, 0) is 43.0 Å². The van der Waals surface area contributed by atoms with Gasteiger partial charge in [-0.25, -0.2) is 5.43 Å². The monoisotopic (exact) mass is 236 g/mol. The second-order valence-electron chi connectivity index (χ2n) is 4.05. The van der Waals surface area contributed by atoms with Crippen LogP contribution in [0.2, 0.25) is 0 Å². The summed E-state index contributed by atoms with van der Waals surface area (Å²) in [7, 11) is 3.35. The van der Waals surface area contributed by atoms with Gasteiger partial charge in [0.25, 0.3) is 0 Å². The fourth-order valence-corrected chi connectivity index (χ4v) is 1.79. The fourth-order valence-electron chi connectivity index (χ4n) is 1.79. The van der Waals surface area contributed by atoms with Crippen molar-refractivity contribution in [1.29, 1.82) is 0 Å². The number of carbonyl (C=O) groups is 1. The predicted molar refractivity (Wildman–Crippen MR) is 68.0 cm³/mol. The molecule has 4 nitrogen and oxygen atoms in total. The molecule has 1 aromatic rings. The minimum absolute atomic E-state index is 0.000344. The average Bonchev–Trinajstić information content (AvgIpc) is 2.30. The number of ether oxygens (including phenoxy) is 1. The molecule has 0 radical (unpaired) electrons. The van der Waals surface area contributed by atoms with Crippen molar-refractivity contribution in [3.8, 4) is 5.75 Å². The van der Waals surface area contributed by atoms with Crippen molar-refractivity contribution in [3.63, 3.8) is 0 Å². The van der Waals surface area contributed by atoms with E-state index in [1.54, 1.807) is 14.2 Å². The molecule has 0 saturated carbocycles. The highest BCUT2D eigenvalue weighted by Gasteiger charge is 2.07. The summed E-state index contributed by atoms with van der Waals surface area (Å²) in [5.74, 6) is 0.895. The van der Waals surface area contributed by atoms with E-state index in [1.807, 2.05) is 19.9 Å². The molecule has 0 atom stereocenters. The minimum atomic E-state index is 0.000344. The summed E-state index contributed by atoms with van der Waals surface area (Å²) in [5.41, 5.74) is 8.63. The Labute approximate surface area is 102 Å². The van der Waals surface area contributed by atoms with E-state index in [1.165, 1.54) is 5.56 Å². The smallest absolute Gasteiger partial charge is 0.234 e. The number of carbonyl (C=O) groups excluding carboxylic acids is 1. The van der Waals surface area contributed by atoms with Gasteiger partial charge in [0.15, 0.2) is 0 Å². The first-order valence-electron chi connectivity index (χ1n) is 5.68. The Balaban J connectivity index is 2.72. The molecule has 4 heteroatoms. The lowest BCUT2D eigenvalue weighted by Crippen LogP contribution is -2.34. The largest absolute Gasteiger partial charge is 0.496 e. The number of hydrogen-bond acceptors (Lipinski definition) is 3. The second kappa shape index (κ2) is 6.25. The van der Waals surface area contributed by atoms with Crippen LogP contribution in [-0.4, -0.2) is 20.1 Å². The first-order valence-corrected chi connectivity index (χ1v) is 5.68. The first-order chi connectivity index (χ1) is 8.08. The number of hydrogen-bond donors (Lipinski definition) is 2. The van der Waals surface area contributed by atoms with Crippen LogP contribution in [0.25, 0.3) is 0 Å². The van der Waals surface area contributed by atoms with Crippen LogP contribution in [0.1, 0.15) is 23.1 Å². The number of nitrogens with one attached hydrogen (secondary N) is 2. The number of benzene rings is 1. The lowest BCUT2D eigenvalue weighted by molar-refractivity contribution is -0.121. The molecule has 0 unspecified atom stereocenters. The summed E-state index contributed by atoms with van der Waals surface area (Å²) in [6.07, 6.45) is 1.22. The Morgan fingerprint density at radius 2 is 2.00 bits per heavy atom. The van der Waals surface area contributed by atoms with Gasteiger partial charge in [-0.2, -0.15) is 0 Å². The zero-order valence-corrected chi connectivity index (χ0v) is 10.9. The lowest BCUT2D eigenvalue weighted by Gasteiger charge is -2.11. The van der Waals surface area contributed by atoms with Crippen LogP contribution in [0, 0.1) is 13.8 Å². The highest BCUT2D eigenvalue weighted by Crippen LogP contribution is 2.23. The average molecular weight is 236 g/mol. The Bertz CT molecular complexity index is 403. The van der Waals surface area contributed by atoms with Gasteiger partial charge >= 0.3 is 0 Å². The number of hydrazine groups is 1. The molecule has 1 aromatic carbocycles. The predicted octanol–water partition coefficient (Wildman–Crippen LogP) is 1.50. The van der Waals surface area contributed by atoms with Crippen molar-refractivity contribution in [2.75, 3.05) is 14.2 Å². The summed E-state index contributed by atoms with van der Waals surface area (Å²) in [4.78, 5) is 11.3. The van der Waals surface area contributed by atoms with Crippen LogP contribution in [0.4, 0.5) is 0 Å². The van der Waals surface area contributed by atoms with E-state index in [9.17, 15) is 4.79 Å².